The number of hydrogen-bond acceptors (Lipinski definition) is 8. The molecule has 0 saturated carbocycles. The van der Waals surface area contributed by atoms with Crippen LogP contribution in [0.2, 0.25) is 0 Å². The Bertz CT molecular complexity index is 1620. The molecule has 3 aromatic rings. The van der Waals surface area contributed by atoms with Crippen LogP contribution in [0.1, 0.15) is 192 Å². The van der Waals surface area contributed by atoms with Crippen molar-refractivity contribution in [2.45, 2.75) is 182 Å². The molecule has 0 heterocycles. The van der Waals surface area contributed by atoms with E-state index in [4.69, 9.17) is 28.4 Å². The van der Waals surface area contributed by atoms with Gasteiger partial charge < -0.3 is 28.4 Å². The monoisotopic (exact) mass is 871 g/mol. The molecule has 0 aliphatic rings. The van der Waals surface area contributed by atoms with E-state index in [9.17, 15) is 9.59 Å². The smallest absolute Gasteiger partial charge is 0.343 e. The van der Waals surface area contributed by atoms with Gasteiger partial charge in [0, 0.05) is 5.57 Å². The fourth-order valence-corrected chi connectivity index (χ4v) is 7.34. The summed E-state index contributed by atoms with van der Waals surface area (Å²) in [5, 5.41) is 0. The summed E-state index contributed by atoms with van der Waals surface area (Å²) in [6.07, 6.45) is 29.1. The number of esters is 2. The van der Waals surface area contributed by atoms with Crippen molar-refractivity contribution >= 4 is 11.9 Å². The number of carbonyl (C=O) groups is 2. The largest absolute Gasteiger partial charge is 0.490 e. The molecular weight excluding hydrogens is 789 g/mol. The molecule has 0 amide bonds. The topological polar surface area (TPSA) is 89.5 Å². The second-order valence-corrected chi connectivity index (χ2v) is 17.0. The summed E-state index contributed by atoms with van der Waals surface area (Å²) in [5.41, 5.74) is 2.66. The van der Waals surface area contributed by atoms with Crippen LogP contribution in [-0.2, 0) is 9.53 Å². The lowest BCUT2D eigenvalue weighted by Gasteiger charge is -2.19. The van der Waals surface area contributed by atoms with Crippen LogP contribution >= 0.6 is 0 Å². The Labute approximate surface area is 381 Å². The van der Waals surface area contributed by atoms with E-state index in [1.54, 1.807) is 31.2 Å². The predicted octanol–water partition coefficient (Wildman–Crippen LogP) is 15.6. The number of ether oxygens (including phenoxy) is 6. The fraction of sp³-hybridized carbons (Fsp3) is 0.600. The zero-order valence-electron chi connectivity index (χ0n) is 39.8. The highest BCUT2D eigenvalue weighted by atomic mass is 16.6. The molecular formula is C55H82O8. The van der Waals surface area contributed by atoms with Crippen LogP contribution in [0.3, 0.4) is 0 Å². The van der Waals surface area contributed by atoms with Gasteiger partial charge in [-0.1, -0.05) is 186 Å². The van der Waals surface area contributed by atoms with Crippen LogP contribution in [0.5, 0.6) is 28.7 Å². The normalized spacial score (nSPS) is 11.0. The molecule has 63 heavy (non-hydrogen) atoms. The molecule has 0 unspecified atom stereocenters. The second kappa shape index (κ2) is 34.0. The molecule has 350 valence electrons. The van der Waals surface area contributed by atoms with Crippen LogP contribution in [-0.4, -0.2) is 45.0 Å². The molecule has 0 aliphatic carbocycles. The van der Waals surface area contributed by atoms with Gasteiger partial charge in [0.2, 0.25) is 5.75 Å². The van der Waals surface area contributed by atoms with Gasteiger partial charge in [-0.25, -0.2) is 9.59 Å². The Balaban J connectivity index is 1.71. The van der Waals surface area contributed by atoms with Crippen molar-refractivity contribution in [3.8, 4) is 39.9 Å². The van der Waals surface area contributed by atoms with Crippen molar-refractivity contribution in [2.24, 2.45) is 0 Å². The first kappa shape index (κ1) is 52.9. The van der Waals surface area contributed by atoms with E-state index in [-0.39, 0.29) is 13.2 Å². The fourth-order valence-electron chi connectivity index (χ4n) is 7.34. The summed E-state index contributed by atoms with van der Waals surface area (Å²) in [7, 11) is 0. The zero-order chi connectivity index (χ0) is 45.2. The first-order valence-electron chi connectivity index (χ1n) is 24.8. The van der Waals surface area contributed by atoms with Crippen LogP contribution in [0, 0.1) is 0 Å². The molecule has 0 atom stereocenters. The van der Waals surface area contributed by atoms with Gasteiger partial charge in [-0.2, -0.15) is 0 Å². The maximum absolute atomic E-state index is 13.9. The molecule has 0 aliphatic heterocycles. The number of hydrogen-bond donors (Lipinski definition) is 0. The highest BCUT2D eigenvalue weighted by Gasteiger charge is 2.21. The molecule has 8 heteroatoms. The number of benzene rings is 3. The number of rotatable bonds is 38. The number of unbranched alkanes of at least 4 members (excludes halogenated alkanes) is 21. The number of carbonyl (C=O) groups excluding carboxylic acids is 2. The Morgan fingerprint density at radius 2 is 0.825 bits per heavy atom. The van der Waals surface area contributed by atoms with E-state index in [0.717, 1.165) is 49.7 Å². The third kappa shape index (κ3) is 23.2. The van der Waals surface area contributed by atoms with Crippen LogP contribution < -0.4 is 23.7 Å². The summed E-state index contributed by atoms with van der Waals surface area (Å²) in [5.74, 6) is 1.85. The zero-order valence-corrected chi connectivity index (χ0v) is 39.8. The van der Waals surface area contributed by atoms with E-state index in [1.165, 1.54) is 116 Å². The lowest BCUT2D eigenvalue weighted by atomic mass is 10.1. The van der Waals surface area contributed by atoms with Gasteiger partial charge in [0.05, 0.1) is 25.4 Å². The van der Waals surface area contributed by atoms with Gasteiger partial charge >= 0.3 is 11.9 Å². The molecule has 3 aromatic carbocycles. The van der Waals surface area contributed by atoms with E-state index < -0.39 is 11.9 Å². The second-order valence-electron chi connectivity index (χ2n) is 17.0. The SMILES string of the molecule is C=C(C)C(=O)OCCOc1ccc(-c2ccc(OC(=O)c3cc(OCCCCCCCCCC)c(OCCCCCCCCCC)c(OCCCCCCCCCC)c3)cc2)cc1. The quantitative estimate of drug-likeness (QED) is 0.0243. The lowest BCUT2D eigenvalue weighted by Crippen LogP contribution is -2.12. The van der Waals surface area contributed by atoms with E-state index in [0.29, 0.717) is 59.7 Å². The third-order valence-corrected chi connectivity index (χ3v) is 11.2. The molecule has 0 radical (unpaired) electrons. The van der Waals surface area contributed by atoms with Gasteiger partial charge in [-0.15, -0.1) is 0 Å². The van der Waals surface area contributed by atoms with Crippen molar-refractivity contribution in [1.82, 2.24) is 0 Å². The average Bonchev–Trinajstić information content (AvgIpc) is 3.29. The van der Waals surface area contributed by atoms with Crippen molar-refractivity contribution in [1.29, 1.82) is 0 Å². The first-order valence-corrected chi connectivity index (χ1v) is 24.8. The Hall–Kier alpha value is -4.46. The molecule has 0 saturated heterocycles. The summed E-state index contributed by atoms with van der Waals surface area (Å²) in [4.78, 5) is 25.4. The average molecular weight is 871 g/mol. The summed E-state index contributed by atoms with van der Waals surface area (Å²) >= 11 is 0. The lowest BCUT2D eigenvalue weighted by molar-refractivity contribution is -0.139. The van der Waals surface area contributed by atoms with Gasteiger partial charge in [-0.3, -0.25) is 0 Å². The third-order valence-electron chi connectivity index (χ3n) is 11.2. The van der Waals surface area contributed by atoms with Gasteiger partial charge in [-0.05, 0) is 73.7 Å². The summed E-state index contributed by atoms with van der Waals surface area (Å²) < 4.78 is 36.2. The van der Waals surface area contributed by atoms with Crippen LogP contribution in [0.15, 0.2) is 72.8 Å². The van der Waals surface area contributed by atoms with Crippen molar-refractivity contribution in [2.75, 3.05) is 33.0 Å². The minimum Gasteiger partial charge on any atom is -0.490 e. The minimum absolute atomic E-state index is 0.145. The predicted molar refractivity (Wildman–Crippen MR) is 259 cm³/mol. The van der Waals surface area contributed by atoms with E-state index >= 15 is 0 Å². The minimum atomic E-state index is -0.485. The molecule has 0 spiro atoms. The van der Waals surface area contributed by atoms with Gasteiger partial charge in [0.1, 0.15) is 24.7 Å². The van der Waals surface area contributed by atoms with Crippen LogP contribution in [0.25, 0.3) is 11.1 Å². The van der Waals surface area contributed by atoms with Crippen molar-refractivity contribution in [3.05, 3.63) is 78.4 Å². The van der Waals surface area contributed by atoms with Crippen molar-refractivity contribution in [3.63, 3.8) is 0 Å². The molecule has 0 aromatic heterocycles. The van der Waals surface area contributed by atoms with E-state index in [1.807, 2.05) is 36.4 Å². The maximum atomic E-state index is 13.9. The first-order chi connectivity index (χ1) is 30.9. The van der Waals surface area contributed by atoms with Crippen molar-refractivity contribution < 1.29 is 38.0 Å². The Kier molecular flexibility index (Phi) is 28.5. The van der Waals surface area contributed by atoms with Gasteiger partial charge in [0.15, 0.2) is 11.5 Å². The maximum Gasteiger partial charge on any atom is 0.343 e. The van der Waals surface area contributed by atoms with Gasteiger partial charge in [0.25, 0.3) is 0 Å². The molecule has 0 N–H and O–H groups in total. The standard InChI is InChI=1S/C55H82O8/c1-6-9-12-15-18-21-24-27-38-59-51-43-48(44-52(60-39-28-25-22-19-16-13-10-7-2)53(51)61-40-29-26-23-20-17-14-11-8-3)55(57)63-50-36-32-47(33-37-50)46-30-34-49(35-31-46)58-41-42-62-54(56)45(4)5/h30-37,43-44H,4,6-29,38-42H2,1-3,5H3. The Morgan fingerprint density at radius 1 is 0.444 bits per heavy atom. The molecule has 0 bridgehead atoms. The molecule has 3 rings (SSSR count). The highest BCUT2D eigenvalue weighted by molar-refractivity contribution is 5.93. The van der Waals surface area contributed by atoms with Crippen LogP contribution in [0.4, 0.5) is 0 Å². The molecule has 8 nitrogen and oxygen atoms in total. The summed E-state index contributed by atoms with van der Waals surface area (Å²) in [6, 6.07) is 18.6. The summed E-state index contributed by atoms with van der Waals surface area (Å²) in [6.45, 7) is 14.0. The van der Waals surface area contributed by atoms with E-state index in [2.05, 4.69) is 27.4 Å². The Morgan fingerprint density at radius 3 is 1.24 bits per heavy atom. The molecule has 0 fully saturated rings. The highest BCUT2D eigenvalue weighted by Crippen LogP contribution is 2.40.